The Bertz CT molecular complexity index is 1080. The smallest absolute Gasteiger partial charge is 0.270 e. The Labute approximate surface area is 145 Å². The number of fused-ring (bicyclic) bond motifs is 1. The molecule has 24 heavy (non-hydrogen) atoms. The number of hydrogen-bond acceptors (Lipinski definition) is 5. The van der Waals surface area contributed by atoms with Crippen LogP contribution in [0.1, 0.15) is 4.88 Å². The number of imidazole rings is 1. The number of thiazole rings is 1. The van der Waals surface area contributed by atoms with Gasteiger partial charge in [-0.15, -0.1) is 11.3 Å². The maximum atomic E-state index is 12.7. The Morgan fingerprint density at radius 3 is 2.71 bits per heavy atom. The van der Waals surface area contributed by atoms with Crippen molar-refractivity contribution in [3.63, 3.8) is 0 Å². The molecule has 1 aromatic carbocycles. The molecule has 0 saturated heterocycles. The minimum atomic E-state index is -0.315. The van der Waals surface area contributed by atoms with Crippen molar-refractivity contribution < 1.29 is 5.11 Å². The van der Waals surface area contributed by atoms with E-state index in [0.717, 1.165) is 4.88 Å². The number of rotatable bonds is 3. The van der Waals surface area contributed by atoms with Gasteiger partial charge < -0.3 is 9.67 Å². The molecule has 0 unspecified atom stereocenters. The van der Waals surface area contributed by atoms with Gasteiger partial charge in [0.05, 0.1) is 6.54 Å². The Morgan fingerprint density at radius 1 is 1.21 bits per heavy atom. The number of halogens is 1. The van der Waals surface area contributed by atoms with Gasteiger partial charge in [0.25, 0.3) is 5.56 Å². The van der Waals surface area contributed by atoms with Crippen molar-refractivity contribution in [3.05, 3.63) is 68.6 Å². The van der Waals surface area contributed by atoms with E-state index in [4.69, 9.17) is 11.6 Å². The molecule has 8 heteroatoms. The third-order valence-corrected chi connectivity index (χ3v) is 4.74. The Kier molecular flexibility index (Phi) is 3.59. The lowest BCUT2D eigenvalue weighted by atomic mass is 10.1. The Hall–Kier alpha value is -2.64. The van der Waals surface area contributed by atoms with Gasteiger partial charge in [-0.3, -0.25) is 9.20 Å². The lowest BCUT2D eigenvalue weighted by Crippen LogP contribution is -2.17. The third kappa shape index (κ3) is 2.47. The number of nitrogens with zero attached hydrogens (tertiary/aromatic N) is 4. The zero-order chi connectivity index (χ0) is 16.7. The van der Waals surface area contributed by atoms with Crippen molar-refractivity contribution in [2.75, 3.05) is 0 Å². The lowest BCUT2D eigenvalue weighted by molar-refractivity contribution is 0.454. The quantitative estimate of drug-likeness (QED) is 0.611. The van der Waals surface area contributed by atoms with Gasteiger partial charge in [-0.2, -0.15) is 4.98 Å². The molecule has 120 valence electrons. The van der Waals surface area contributed by atoms with Crippen LogP contribution in [0.25, 0.3) is 16.9 Å². The maximum Gasteiger partial charge on any atom is 0.270 e. The van der Waals surface area contributed by atoms with E-state index in [0.29, 0.717) is 22.4 Å². The van der Waals surface area contributed by atoms with Gasteiger partial charge in [0.1, 0.15) is 5.56 Å². The molecule has 4 rings (SSSR count). The van der Waals surface area contributed by atoms with Crippen LogP contribution in [0.2, 0.25) is 4.47 Å². The van der Waals surface area contributed by atoms with E-state index in [9.17, 15) is 9.90 Å². The maximum absolute atomic E-state index is 12.7. The van der Waals surface area contributed by atoms with Crippen molar-refractivity contribution in [2.24, 2.45) is 0 Å². The van der Waals surface area contributed by atoms with Crippen molar-refractivity contribution in [3.8, 4) is 17.0 Å². The van der Waals surface area contributed by atoms with E-state index in [2.05, 4.69) is 9.97 Å². The summed E-state index contributed by atoms with van der Waals surface area (Å²) in [7, 11) is 0. The second-order valence-electron chi connectivity index (χ2n) is 5.16. The fourth-order valence-corrected chi connectivity index (χ4v) is 3.54. The van der Waals surface area contributed by atoms with Crippen molar-refractivity contribution in [1.82, 2.24) is 18.9 Å². The van der Waals surface area contributed by atoms with E-state index in [-0.39, 0.29) is 17.0 Å². The largest absolute Gasteiger partial charge is 0.493 e. The van der Waals surface area contributed by atoms with Crippen LogP contribution < -0.4 is 5.56 Å². The summed E-state index contributed by atoms with van der Waals surface area (Å²) in [5.74, 6) is 0.0789. The van der Waals surface area contributed by atoms with Crippen molar-refractivity contribution in [1.29, 1.82) is 0 Å². The highest BCUT2D eigenvalue weighted by Gasteiger charge is 2.16. The molecule has 0 aliphatic rings. The minimum Gasteiger partial charge on any atom is -0.493 e. The number of hydrogen-bond donors (Lipinski definition) is 1. The highest BCUT2D eigenvalue weighted by molar-refractivity contribution is 7.15. The summed E-state index contributed by atoms with van der Waals surface area (Å²) in [6, 6.07) is 8.99. The SMILES string of the molecule is O=c1c(-c2ccccc2)c(O)nc2n(Cc3cnc(Cl)s3)ccn12. The molecule has 0 fully saturated rings. The van der Waals surface area contributed by atoms with Crippen LogP contribution >= 0.6 is 22.9 Å². The Morgan fingerprint density at radius 2 is 2.00 bits per heavy atom. The molecule has 0 radical (unpaired) electrons. The predicted octanol–water partition coefficient (Wildman–Crippen LogP) is 3.03. The molecule has 1 N–H and O–H groups in total. The summed E-state index contributed by atoms with van der Waals surface area (Å²) in [6.45, 7) is 0.470. The van der Waals surface area contributed by atoms with Gasteiger partial charge in [-0.05, 0) is 5.56 Å². The fourth-order valence-electron chi connectivity index (χ4n) is 2.57. The normalized spacial score (nSPS) is 11.2. The average molecular weight is 359 g/mol. The summed E-state index contributed by atoms with van der Waals surface area (Å²) in [4.78, 5) is 21.9. The molecule has 0 bridgehead atoms. The number of aromatic nitrogens is 4. The number of benzene rings is 1. The fraction of sp³-hybridized carbons (Fsp3) is 0.0625. The van der Waals surface area contributed by atoms with E-state index in [1.807, 2.05) is 18.2 Å². The molecule has 3 aromatic heterocycles. The van der Waals surface area contributed by atoms with Crippen LogP contribution in [-0.4, -0.2) is 24.0 Å². The molecule has 0 saturated carbocycles. The Balaban J connectivity index is 1.86. The van der Waals surface area contributed by atoms with Crippen LogP contribution in [0.5, 0.6) is 5.88 Å². The standard InChI is InChI=1S/C16H11ClN4O2S/c17-15-18-8-11(24-15)9-20-6-7-21-14(23)12(13(22)19-16(20)21)10-4-2-1-3-5-10/h1-8,22H,9H2. The first-order valence-corrected chi connectivity index (χ1v) is 8.29. The van der Waals surface area contributed by atoms with Gasteiger partial charge >= 0.3 is 0 Å². The van der Waals surface area contributed by atoms with Gasteiger partial charge in [0.2, 0.25) is 11.7 Å². The zero-order valence-corrected chi connectivity index (χ0v) is 13.8. The zero-order valence-electron chi connectivity index (χ0n) is 12.3. The average Bonchev–Trinajstić information content (AvgIpc) is 3.16. The summed E-state index contributed by atoms with van der Waals surface area (Å²) >= 11 is 7.20. The second kappa shape index (κ2) is 5.77. The molecule has 0 amide bonds. The molecular weight excluding hydrogens is 348 g/mol. The van der Waals surface area contributed by atoms with E-state index < -0.39 is 0 Å². The molecule has 0 spiro atoms. The monoisotopic (exact) mass is 358 g/mol. The first kappa shape index (κ1) is 14.9. The van der Waals surface area contributed by atoms with Crippen LogP contribution in [0.15, 0.2) is 53.7 Å². The van der Waals surface area contributed by atoms with Crippen molar-refractivity contribution >= 4 is 28.7 Å². The van der Waals surface area contributed by atoms with Gasteiger partial charge in [0, 0.05) is 23.5 Å². The van der Waals surface area contributed by atoms with Crippen LogP contribution in [0.4, 0.5) is 0 Å². The van der Waals surface area contributed by atoms with Crippen LogP contribution in [0.3, 0.4) is 0 Å². The highest BCUT2D eigenvalue weighted by atomic mass is 35.5. The molecular formula is C16H11ClN4O2S. The molecule has 0 aliphatic heterocycles. The summed E-state index contributed by atoms with van der Waals surface area (Å²) in [5, 5.41) is 10.3. The molecule has 0 atom stereocenters. The van der Waals surface area contributed by atoms with Crippen LogP contribution in [-0.2, 0) is 6.54 Å². The van der Waals surface area contributed by atoms with Crippen LogP contribution in [0, 0.1) is 0 Å². The molecule has 4 aromatic rings. The topological polar surface area (TPSA) is 72.4 Å². The summed E-state index contributed by atoms with van der Waals surface area (Å²) in [5.41, 5.74) is 0.500. The lowest BCUT2D eigenvalue weighted by Gasteiger charge is -2.06. The summed E-state index contributed by atoms with van der Waals surface area (Å²) in [6.07, 6.45) is 5.06. The first-order valence-electron chi connectivity index (χ1n) is 7.09. The molecule has 6 nitrogen and oxygen atoms in total. The molecule has 0 aliphatic carbocycles. The predicted molar refractivity (Wildman–Crippen MR) is 92.8 cm³/mol. The van der Waals surface area contributed by atoms with Gasteiger partial charge in [-0.1, -0.05) is 41.9 Å². The van der Waals surface area contributed by atoms with Crippen molar-refractivity contribution in [2.45, 2.75) is 6.54 Å². The number of aromatic hydroxyl groups is 1. The van der Waals surface area contributed by atoms with Gasteiger partial charge in [0.15, 0.2) is 4.47 Å². The summed E-state index contributed by atoms with van der Waals surface area (Å²) < 4.78 is 3.64. The van der Waals surface area contributed by atoms with E-state index >= 15 is 0 Å². The third-order valence-electron chi connectivity index (χ3n) is 3.64. The second-order valence-corrected chi connectivity index (χ2v) is 6.85. The first-order chi connectivity index (χ1) is 11.6. The minimum absolute atomic E-state index is 0.187. The van der Waals surface area contributed by atoms with Gasteiger partial charge in [-0.25, -0.2) is 4.98 Å². The molecule has 3 heterocycles. The highest BCUT2D eigenvalue weighted by Crippen LogP contribution is 2.25. The van der Waals surface area contributed by atoms with E-state index in [1.165, 1.54) is 15.7 Å². The van der Waals surface area contributed by atoms with E-state index in [1.54, 1.807) is 35.3 Å².